The van der Waals surface area contributed by atoms with Gasteiger partial charge in [-0.2, -0.15) is 0 Å². The summed E-state index contributed by atoms with van der Waals surface area (Å²) in [4.78, 5) is 22.7. The van der Waals surface area contributed by atoms with E-state index in [9.17, 15) is 19.8 Å². The van der Waals surface area contributed by atoms with Gasteiger partial charge in [0.15, 0.2) is 5.78 Å². The molecule has 0 aromatic heterocycles. The number of rotatable bonds is 4. The second kappa shape index (κ2) is 6.02. The number of carbonyl (C=O) groups excluding carboxylic acids is 2. The minimum absolute atomic E-state index is 0.0117. The van der Waals surface area contributed by atoms with E-state index >= 15 is 0 Å². The fraction of sp³-hybridized carbons (Fsp3) is 0.429. The summed E-state index contributed by atoms with van der Waals surface area (Å²) in [6.07, 6.45) is -2.51. The number of aliphatic hydroxyl groups excluding tert-OH is 2. The van der Waals surface area contributed by atoms with E-state index in [1.807, 2.05) is 0 Å². The van der Waals surface area contributed by atoms with Crippen LogP contribution in [0.5, 0.6) is 5.75 Å². The monoisotopic (exact) mass is 280 g/mol. The van der Waals surface area contributed by atoms with E-state index < -0.39 is 18.2 Å². The number of fused-ring (bicyclic) bond motifs is 1. The van der Waals surface area contributed by atoms with Crippen LogP contribution in [-0.4, -0.2) is 41.8 Å². The Labute approximate surface area is 115 Å². The van der Waals surface area contributed by atoms with Gasteiger partial charge in [0.1, 0.15) is 11.9 Å². The third-order valence-electron chi connectivity index (χ3n) is 3.20. The molecule has 1 aliphatic heterocycles. The molecule has 0 saturated carbocycles. The van der Waals surface area contributed by atoms with Crippen LogP contribution in [0, 0.1) is 0 Å². The zero-order chi connectivity index (χ0) is 14.7. The Morgan fingerprint density at radius 3 is 2.90 bits per heavy atom. The normalized spacial score (nSPS) is 16.9. The van der Waals surface area contributed by atoms with Crippen molar-refractivity contribution in [3.63, 3.8) is 0 Å². The maximum absolute atomic E-state index is 11.6. The number of carbonyl (C=O) groups is 2. The number of benzene rings is 1. The summed E-state index contributed by atoms with van der Waals surface area (Å²) in [6, 6.07) is 4.61. The lowest BCUT2D eigenvalue weighted by Crippen LogP contribution is -2.23. The molecule has 1 aromatic carbocycles. The van der Waals surface area contributed by atoms with Gasteiger partial charge < -0.3 is 19.7 Å². The van der Waals surface area contributed by atoms with Crippen molar-refractivity contribution in [2.24, 2.45) is 0 Å². The zero-order valence-electron chi connectivity index (χ0n) is 11.0. The van der Waals surface area contributed by atoms with E-state index in [1.165, 1.54) is 19.2 Å². The summed E-state index contributed by atoms with van der Waals surface area (Å²) in [5.41, 5.74) is 0.851. The van der Waals surface area contributed by atoms with Crippen molar-refractivity contribution in [1.29, 1.82) is 0 Å². The maximum Gasteiger partial charge on any atom is 0.308 e. The van der Waals surface area contributed by atoms with Gasteiger partial charge in [-0.15, -0.1) is 0 Å². The molecular weight excluding hydrogens is 264 g/mol. The van der Waals surface area contributed by atoms with Crippen molar-refractivity contribution < 1.29 is 29.3 Å². The van der Waals surface area contributed by atoms with Crippen LogP contribution in [-0.2, 0) is 9.53 Å². The number of ether oxygens (including phenoxy) is 2. The SMILES string of the molecule is COC(=O)CC(O)C(O)c1ccc2c(c1)OCCC2=O. The van der Waals surface area contributed by atoms with Gasteiger partial charge in [0.05, 0.1) is 31.8 Å². The molecule has 1 aliphatic rings. The van der Waals surface area contributed by atoms with E-state index in [1.54, 1.807) is 6.07 Å². The third-order valence-corrected chi connectivity index (χ3v) is 3.20. The highest BCUT2D eigenvalue weighted by molar-refractivity contribution is 5.99. The van der Waals surface area contributed by atoms with Gasteiger partial charge in [-0.3, -0.25) is 9.59 Å². The molecule has 2 N–H and O–H groups in total. The smallest absolute Gasteiger partial charge is 0.308 e. The first kappa shape index (κ1) is 14.5. The Morgan fingerprint density at radius 2 is 2.20 bits per heavy atom. The molecule has 6 heteroatoms. The lowest BCUT2D eigenvalue weighted by atomic mass is 9.97. The Kier molecular flexibility index (Phi) is 4.36. The molecular formula is C14H16O6. The molecule has 0 radical (unpaired) electrons. The predicted octanol–water partition coefficient (Wildman–Crippen LogP) is 0.609. The van der Waals surface area contributed by atoms with Crippen LogP contribution in [0.3, 0.4) is 0 Å². The molecule has 2 atom stereocenters. The second-order valence-electron chi connectivity index (χ2n) is 4.57. The number of Topliss-reactive ketones (excluding diaryl/α,β-unsaturated/α-hetero) is 1. The van der Waals surface area contributed by atoms with Gasteiger partial charge in [-0.25, -0.2) is 0 Å². The fourth-order valence-corrected chi connectivity index (χ4v) is 2.05. The van der Waals surface area contributed by atoms with Crippen LogP contribution < -0.4 is 4.74 Å². The molecule has 108 valence electrons. The van der Waals surface area contributed by atoms with E-state index in [-0.39, 0.29) is 12.2 Å². The van der Waals surface area contributed by atoms with E-state index in [2.05, 4.69) is 4.74 Å². The fourth-order valence-electron chi connectivity index (χ4n) is 2.05. The van der Waals surface area contributed by atoms with Crippen LogP contribution in [0.2, 0.25) is 0 Å². The van der Waals surface area contributed by atoms with Crippen molar-refractivity contribution in [3.8, 4) is 5.75 Å². The van der Waals surface area contributed by atoms with Crippen LogP contribution in [0.15, 0.2) is 18.2 Å². The van der Waals surface area contributed by atoms with Gasteiger partial charge in [0.25, 0.3) is 0 Å². The Hall–Kier alpha value is -1.92. The van der Waals surface area contributed by atoms with Crippen LogP contribution in [0.1, 0.15) is 34.9 Å². The van der Waals surface area contributed by atoms with E-state index in [0.29, 0.717) is 29.9 Å². The molecule has 1 aromatic rings. The number of hydrogen-bond donors (Lipinski definition) is 2. The van der Waals surface area contributed by atoms with Crippen molar-refractivity contribution in [3.05, 3.63) is 29.3 Å². The van der Waals surface area contributed by atoms with Gasteiger partial charge in [-0.1, -0.05) is 6.07 Å². The lowest BCUT2D eigenvalue weighted by molar-refractivity contribution is -0.144. The molecule has 0 saturated heterocycles. The third kappa shape index (κ3) is 2.97. The van der Waals surface area contributed by atoms with Crippen LogP contribution in [0.25, 0.3) is 0 Å². The van der Waals surface area contributed by atoms with Crippen molar-refractivity contribution in [1.82, 2.24) is 0 Å². The summed E-state index contributed by atoms with van der Waals surface area (Å²) in [5.74, 6) is -0.230. The molecule has 6 nitrogen and oxygen atoms in total. The first-order valence-electron chi connectivity index (χ1n) is 6.26. The van der Waals surface area contributed by atoms with Gasteiger partial charge in [0.2, 0.25) is 0 Å². The topological polar surface area (TPSA) is 93.1 Å². The number of ketones is 1. The van der Waals surface area contributed by atoms with Crippen molar-refractivity contribution in [2.75, 3.05) is 13.7 Å². The van der Waals surface area contributed by atoms with Crippen LogP contribution >= 0.6 is 0 Å². The Balaban J connectivity index is 2.16. The number of esters is 1. The standard InChI is InChI=1S/C14H16O6/c1-19-13(17)7-11(16)14(18)8-2-3-9-10(15)4-5-20-12(9)6-8/h2-3,6,11,14,16,18H,4-5,7H2,1H3. The quantitative estimate of drug-likeness (QED) is 0.785. The summed E-state index contributed by atoms with van der Waals surface area (Å²) in [6.45, 7) is 0.302. The van der Waals surface area contributed by atoms with Gasteiger partial charge in [-0.05, 0) is 17.7 Å². The highest BCUT2D eigenvalue weighted by Crippen LogP contribution is 2.29. The molecule has 0 aliphatic carbocycles. The molecule has 2 unspecified atom stereocenters. The summed E-state index contributed by atoms with van der Waals surface area (Å²) in [5, 5.41) is 19.8. The highest BCUT2D eigenvalue weighted by Gasteiger charge is 2.25. The minimum atomic E-state index is -1.28. The van der Waals surface area contributed by atoms with E-state index in [0.717, 1.165) is 0 Å². The molecule has 0 spiro atoms. The van der Waals surface area contributed by atoms with Gasteiger partial charge in [0, 0.05) is 6.42 Å². The summed E-state index contributed by atoms with van der Waals surface area (Å²) >= 11 is 0. The van der Waals surface area contributed by atoms with Crippen molar-refractivity contribution in [2.45, 2.75) is 25.0 Å². The predicted molar refractivity (Wildman–Crippen MR) is 68.5 cm³/mol. The average molecular weight is 280 g/mol. The zero-order valence-corrected chi connectivity index (χ0v) is 11.0. The first-order valence-corrected chi connectivity index (χ1v) is 6.26. The molecule has 1 heterocycles. The molecule has 0 fully saturated rings. The molecule has 20 heavy (non-hydrogen) atoms. The first-order chi connectivity index (χ1) is 9.52. The number of aliphatic hydroxyl groups is 2. The van der Waals surface area contributed by atoms with Gasteiger partial charge >= 0.3 is 5.97 Å². The number of hydrogen-bond acceptors (Lipinski definition) is 6. The molecule has 0 amide bonds. The Morgan fingerprint density at radius 1 is 1.45 bits per heavy atom. The Bertz CT molecular complexity index is 524. The molecule has 2 rings (SSSR count). The lowest BCUT2D eigenvalue weighted by Gasteiger charge is -2.21. The minimum Gasteiger partial charge on any atom is -0.492 e. The number of methoxy groups -OCH3 is 1. The highest BCUT2D eigenvalue weighted by atomic mass is 16.5. The van der Waals surface area contributed by atoms with Crippen LogP contribution in [0.4, 0.5) is 0 Å². The largest absolute Gasteiger partial charge is 0.492 e. The van der Waals surface area contributed by atoms with Crippen molar-refractivity contribution >= 4 is 11.8 Å². The summed E-state index contributed by atoms with van der Waals surface area (Å²) < 4.78 is 9.79. The second-order valence-corrected chi connectivity index (χ2v) is 4.57. The van der Waals surface area contributed by atoms with E-state index in [4.69, 9.17) is 4.74 Å². The maximum atomic E-state index is 11.6. The molecule has 0 bridgehead atoms. The average Bonchev–Trinajstić information content (AvgIpc) is 2.46. The summed E-state index contributed by atoms with van der Waals surface area (Å²) in [7, 11) is 1.21.